The molecule has 1 N–H and O–H groups in total. The van der Waals surface area contributed by atoms with Gasteiger partial charge in [-0.25, -0.2) is 0 Å². The Balaban J connectivity index is 2.60. The largest absolute Gasteiger partial charge is 0.319 e. The lowest BCUT2D eigenvalue weighted by Crippen LogP contribution is -2.39. The third-order valence-electron chi connectivity index (χ3n) is 3.10. The third kappa shape index (κ3) is 1.48. The summed E-state index contributed by atoms with van der Waals surface area (Å²) in [5.74, 6) is 0. The highest BCUT2D eigenvalue weighted by atomic mass is 14.8. The van der Waals surface area contributed by atoms with Crippen LogP contribution in [0.1, 0.15) is 33.1 Å². The predicted molar refractivity (Wildman–Crippen MR) is 49.6 cm³/mol. The topological polar surface area (TPSA) is 12.0 Å². The molecule has 64 valence electrons. The Morgan fingerprint density at radius 1 is 1.55 bits per heavy atom. The summed E-state index contributed by atoms with van der Waals surface area (Å²) in [6.45, 7) is 5.56. The van der Waals surface area contributed by atoms with E-state index in [1.54, 1.807) is 5.57 Å². The second-order valence-electron chi connectivity index (χ2n) is 3.64. The molecule has 0 aromatic carbocycles. The Labute approximate surface area is 69.9 Å². The van der Waals surface area contributed by atoms with Gasteiger partial charge in [0.1, 0.15) is 0 Å². The van der Waals surface area contributed by atoms with E-state index in [1.807, 2.05) is 7.05 Å². The summed E-state index contributed by atoms with van der Waals surface area (Å²) in [6, 6.07) is 0. The van der Waals surface area contributed by atoms with Gasteiger partial charge < -0.3 is 5.32 Å². The van der Waals surface area contributed by atoms with E-state index in [-0.39, 0.29) is 0 Å². The van der Waals surface area contributed by atoms with E-state index in [2.05, 4.69) is 25.2 Å². The van der Waals surface area contributed by atoms with Gasteiger partial charge in [-0.05, 0) is 33.7 Å². The molecule has 0 radical (unpaired) electrons. The molecule has 1 aliphatic rings. The zero-order valence-corrected chi connectivity index (χ0v) is 7.91. The van der Waals surface area contributed by atoms with Crippen LogP contribution in [0, 0.1) is 5.41 Å². The van der Waals surface area contributed by atoms with Crippen molar-refractivity contribution in [3.05, 3.63) is 11.6 Å². The zero-order chi connectivity index (χ0) is 8.32. The molecular weight excluding hydrogens is 134 g/mol. The molecule has 1 nitrogen and oxygen atoms in total. The molecule has 0 atom stereocenters. The van der Waals surface area contributed by atoms with Crippen LogP contribution < -0.4 is 5.32 Å². The molecule has 1 aliphatic carbocycles. The Morgan fingerprint density at radius 2 is 2.18 bits per heavy atom. The highest BCUT2D eigenvalue weighted by molar-refractivity contribution is 5.15. The average molecular weight is 153 g/mol. The number of rotatable bonds is 3. The number of hydrogen-bond acceptors (Lipinski definition) is 1. The molecule has 1 rings (SSSR count). The summed E-state index contributed by atoms with van der Waals surface area (Å²) in [5.41, 5.74) is 2.10. The summed E-state index contributed by atoms with van der Waals surface area (Å²) in [7, 11) is 2.04. The maximum Gasteiger partial charge on any atom is 0.00421 e. The van der Waals surface area contributed by atoms with Crippen LogP contribution in [-0.4, -0.2) is 13.6 Å². The van der Waals surface area contributed by atoms with Gasteiger partial charge in [0, 0.05) is 12.0 Å². The first-order valence-corrected chi connectivity index (χ1v) is 4.53. The average Bonchev–Trinajstić information content (AvgIpc) is 1.95. The molecule has 0 bridgehead atoms. The van der Waals surface area contributed by atoms with E-state index < -0.39 is 0 Å². The van der Waals surface area contributed by atoms with E-state index in [9.17, 15) is 0 Å². The molecule has 1 fully saturated rings. The van der Waals surface area contributed by atoms with Crippen LogP contribution in [0.15, 0.2) is 11.6 Å². The molecule has 0 spiro atoms. The highest BCUT2D eigenvalue weighted by Crippen LogP contribution is 2.46. The molecule has 0 heterocycles. The minimum atomic E-state index is 0.531. The molecule has 0 aromatic rings. The van der Waals surface area contributed by atoms with Crippen molar-refractivity contribution in [2.24, 2.45) is 5.41 Å². The fraction of sp³-hybridized carbons (Fsp3) is 0.800. The molecule has 0 unspecified atom stereocenters. The minimum absolute atomic E-state index is 0.531. The first kappa shape index (κ1) is 8.79. The third-order valence-corrected chi connectivity index (χ3v) is 3.10. The van der Waals surface area contributed by atoms with Crippen LogP contribution in [0.2, 0.25) is 0 Å². The fourth-order valence-corrected chi connectivity index (χ4v) is 1.96. The van der Waals surface area contributed by atoms with E-state index >= 15 is 0 Å². The van der Waals surface area contributed by atoms with Gasteiger partial charge in [-0.3, -0.25) is 0 Å². The van der Waals surface area contributed by atoms with Crippen molar-refractivity contribution in [2.75, 3.05) is 13.6 Å². The molecule has 1 saturated carbocycles. The van der Waals surface area contributed by atoms with Crippen molar-refractivity contribution in [3.63, 3.8) is 0 Å². The van der Waals surface area contributed by atoms with E-state index in [0.717, 1.165) is 6.54 Å². The lowest BCUT2D eigenvalue weighted by Gasteiger charge is -2.43. The maximum absolute atomic E-state index is 3.28. The van der Waals surface area contributed by atoms with Crippen LogP contribution in [0.4, 0.5) is 0 Å². The van der Waals surface area contributed by atoms with Crippen molar-refractivity contribution in [1.82, 2.24) is 5.32 Å². The van der Waals surface area contributed by atoms with Crippen LogP contribution >= 0.6 is 0 Å². The molecule has 0 saturated heterocycles. The first-order chi connectivity index (χ1) is 5.25. The van der Waals surface area contributed by atoms with E-state index in [4.69, 9.17) is 0 Å². The summed E-state index contributed by atoms with van der Waals surface area (Å²) < 4.78 is 0. The summed E-state index contributed by atoms with van der Waals surface area (Å²) >= 11 is 0. The van der Waals surface area contributed by atoms with Gasteiger partial charge in [0.25, 0.3) is 0 Å². The zero-order valence-electron chi connectivity index (χ0n) is 7.91. The van der Waals surface area contributed by atoms with Crippen LogP contribution in [0.25, 0.3) is 0 Å². The van der Waals surface area contributed by atoms with Gasteiger partial charge in [-0.2, -0.15) is 0 Å². The first-order valence-electron chi connectivity index (χ1n) is 4.53. The summed E-state index contributed by atoms with van der Waals surface area (Å²) in [4.78, 5) is 0. The van der Waals surface area contributed by atoms with Crippen molar-refractivity contribution >= 4 is 0 Å². The van der Waals surface area contributed by atoms with E-state index in [1.165, 1.54) is 19.3 Å². The van der Waals surface area contributed by atoms with Crippen molar-refractivity contribution in [1.29, 1.82) is 0 Å². The standard InChI is InChI=1S/C10H19N/c1-4-9(2)10(8-11-3)6-5-7-10/h4,11H,5-8H2,1-3H3/b9-4+. The lowest BCUT2D eigenvalue weighted by atomic mass is 9.64. The Hall–Kier alpha value is -0.300. The van der Waals surface area contributed by atoms with Gasteiger partial charge >= 0.3 is 0 Å². The fourth-order valence-electron chi connectivity index (χ4n) is 1.96. The minimum Gasteiger partial charge on any atom is -0.319 e. The Morgan fingerprint density at radius 3 is 2.45 bits per heavy atom. The Kier molecular flexibility index (Phi) is 2.72. The van der Waals surface area contributed by atoms with Crippen LogP contribution in [-0.2, 0) is 0 Å². The Bertz CT molecular complexity index is 154. The van der Waals surface area contributed by atoms with Gasteiger partial charge in [0.05, 0.1) is 0 Å². The van der Waals surface area contributed by atoms with Gasteiger partial charge in [0.15, 0.2) is 0 Å². The van der Waals surface area contributed by atoms with Gasteiger partial charge in [0.2, 0.25) is 0 Å². The predicted octanol–water partition coefficient (Wildman–Crippen LogP) is 2.34. The van der Waals surface area contributed by atoms with Crippen molar-refractivity contribution in [3.8, 4) is 0 Å². The number of hydrogen-bond donors (Lipinski definition) is 1. The van der Waals surface area contributed by atoms with Crippen LogP contribution in [0.5, 0.6) is 0 Å². The second-order valence-corrected chi connectivity index (χ2v) is 3.64. The molecule has 0 amide bonds. The summed E-state index contributed by atoms with van der Waals surface area (Å²) in [5, 5.41) is 3.28. The normalized spacial score (nSPS) is 23.0. The van der Waals surface area contributed by atoms with Crippen molar-refractivity contribution in [2.45, 2.75) is 33.1 Å². The number of allylic oxidation sites excluding steroid dienone is 1. The summed E-state index contributed by atoms with van der Waals surface area (Å²) in [6.07, 6.45) is 6.43. The SMILES string of the molecule is C/C=C(\C)C1(CNC)CCC1. The lowest BCUT2D eigenvalue weighted by molar-refractivity contribution is 0.183. The van der Waals surface area contributed by atoms with Crippen LogP contribution in [0.3, 0.4) is 0 Å². The second kappa shape index (κ2) is 3.40. The van der Waals surface area contributed by atoms with Gasteiger partial charge in [-0.1, -0.05) is 18.1 Å². The van der Waals surface area contributed by atoms with Gasteiger partial charge in [-0.15, -0.1) is 0 Å². The monoisotopic (exact) mass is 153 g/mol. The molecule has 0 aromatic heterocycles. The molecule has 1 heteroatoms. The molecule has 0 aliphatic heterocycles. The maximum atomic E-state index is 3.28. The van der Waals surface area contributed by atoms with Crippen molar-refractivity contribution < 1.29 is 0 Å². The van der Waals surface area contributed by atoms with E-state index in [0.29, 0.717) is 5.41 Å². The smallest absolute Gasteiger partial charge is 0.00421 e. The highest BCUT2D eigenvalue weighted by Gasteiger charge is 2.37. The molecular formula is C10H19N. The molecule has 11 heavy (non-hydrogen) atoms. The quantitative estimate of drug-likeness (QED) is 0.614. The number of nitrogens with one attached hydrogen (secondary N) is 1.